The van der Waals surface area contributed by atoms with Crippen molar-refractivity contribution in [2.45, 2.75) is 52.9 Å². The molecule has 3 heterocycles. The smallest absolute Gasteiger partial charge is 0.257 e. The van der Waals surface area contributed by atoms with Gasteiger partial charge in [-0.1, -0.05) is 18.2 Å². The van der Waals surface area contributed by atoms with Crippen molar-refractivity contribution in [3.8, 4) is 0 Å². The van der Waals surface area contributed by atoms with E-state index in [0.717, 1.165) is 17.9 Å². The Labute approximate surface area is 164 Å². The van der Waals surface area contributed by atoms with Crippen LogP contribution in [-0.2, 0) is 9.84 Å². The number of carbonyl (C=O) groups excluding carboxylic acids is 1. The fraction of sp³-hybridized carbons (Fsp3) is 0.400. The number of nitrogens with zero attached hydrogens (tertiary/aromatic N) is 2. The van der Waals surface area contributed by atoms with Crippen LogP contribution in [0.15, 0.2) is 58.6 Å². The van der Waals surface area contributed by atoms with Gasteiger partial charge in [0.15, 0.2) is 9.84 Å². The fourth-order valence-electron chi connectivity index (χ4n) is 4.37. The average Bonchev–Trinajstić information content (AvgIpc) is 2.96. The minimum absolute atomic E-state index is 0.0180. The summed E-state index contributed by atoms with van der Waals surface area (Å²) in [7, 11) is -3.37. The minimum atomic E-state index is -3.37. The molecule has 2 aliphatic heterocycles. The predicted octanol–water partition coefficient (Wildman–Crippen LogP) is 3.41. The Morgan fingerprint density at radius 3 is 2.37 bits per heavy atom. The van der Waals surface area contributed by atoms with E-state index >= 15 is 0 Å². The maximum atomic E-state index is 13.2. The number of carbonyl (C=O) groups is 1. The lowest BCUT2D eigenvalue weighted by atomic mass is 10.0. The SMILES string of the molecule is CSc1ncccc1C(=O)N1[C@@H]2CC[C@H]1CC(S(=O)(=O)c1ccccc1)C2. The third-order valence-electron chi connectivity index (χ3n) is 5.63. The van der Waals surface area contributed by atoms with Gasteiger partial charge in [0.2, 0.25) is 0 Å². The third-order valence-corrected chi connectivity index (χ3v) is 8.53. The number of amides is 1. The molecule has 1 aromatic heterocycles. The number of pyridine rings is 1. The molecule has 3 atom stereocenters. The van der Waals surface area contributed by atoms with Crippen LogP contribution < -0.4 is 0 Å². The van der Waals surface area contributed by atoms with E-state index in [4.69, 9.17) is 0 Å². The van der Waals surface area contributed by atoms with Gasteiger partial charge in [0, 0.05) is 18.3 Å². The summed E-state index contributed by atoms with van der Waals surface area (Å²) < 4.78 is 26.1. The molecule has 2 fully saturated rings. The van der Waals surface area contributed by atoms with Crippen LogP contribution in [0.25, 0.3) is 0 Å². The Morgan fingerprint density at radius 1 is 1.07 bits per heavy atom. The second kappa shape index (κ2) is 7.28. The largest absolute Gasteiger partial charge is 0.333 e. The summed E-state index contributed by atoms with van der Waals surface area (Å²) in [5.74, 6) is -0.0180. The zero-order valence-electron chi connectivity index (χ0n) is 15.1. The number of rotatable bonds is 4. The molecule has 0 aliphatic carbocycles. The van der Waals surface area contributed by atoms with Gasteiger partial charge in [-0.25, -0.2) is 13.4 Å². The molecule has 0 radical (unpaired) electrons. The van der Waals surface area contributed by atoms with Gasteiger partial charge in [-0.15, -0.1) is 11.8 Å². The Kier molecular flexibility index (Phi) is 4.99. The van der Waals surface area contributed by atoms with Crippen LogP contribution >= 0.6 is 11.8 Å². The fourth-order valence-corrected chi connectivity index (χ4v) is 6.78. The molecule has 1 aromatic carbocycles. The van der Waals surface area contributed by atoms with Crippen molar-refractivity contribution in [1.29, 1.82) is 0 Å². The molecule has 0 spiro atoms. The molecule has 7 heteroatoms. The standard InChI is InChI=1S/C20H22N2O3S2/c1-26-19-18(8-5-11-21-19)20(23)22-14-9-10-15(22)13-17(12-14)27(24,25)16-6-3-2-4-7-16/h2-8,11,14-15,17H,9-10,12-13H2,1H3/t14-,15+,17?. The molecule has 1 unspecified atom stereocenters. The molecule has 0 saturated carbocycles. The van der Waals surface area contributed by atoms with Gasteiger partial charge in [-0.2, -0.15) is 0 Å². The van der Waals surface area contributed by atoms with Gasteiger partial charge in [0.05, 0.1) is 15.7 Å². The molecule has 2 aromatic rings. The van der Waals surface area contributed by atoms with Crippen LogP contribution in [0.1, 0.15) is 36.0 Å². The summed E-state index contributed by atoms with van der Waals surface area (Å²) in [6.45, 7) is 0. The van der Waals surface area contributed by atoms with Gasteiger partial charge >= 0.3 is 0 Å². The highest BCUT2D eigenvalue weighted by atomic mass is 32.2. The van der Waals surface area contributed by atoms with Crippen molar-refractivity contribution in [2.75, 3.05) is 6.26 Å². The molecule has 142 valence electrons. The summed E-state index contributed by atoms with van der Waals surface area (Å²) in [5, 5.41) is 0.302. The van der Waals surface area contributed by atoms with Crippen LogP contribution in [0.5, 0.6) is 0 Å². The molecule has 2 bridgehead atoms. The number of piperidine rings is 1. The van der Waals surface area contributed by atoms with E-state index in [9.17, 15) is 13.2 Å². The Bertz CT molecular complexity index is 933. The molecular formula is C20H22N2O3S2. The lowest BCUT2D eigenvalue weighted by Crippen LogP contribution is -2.49. The average molecular weight is 403 g/mol. The zero-order valence-corrected chi connectivity index (χ0v) is 16.7. The number of sulfone groups is 1. The first kappa shape index (κ1) is 18.5. The van der Waals surface area contributed by atoms with Crippen LogP contribution in [0.2, 0.25) is 0 Å². The highest BCUT2D eigenvalue weighted by Crippen LogP contribution is 2.41. The highest BCUT2D eigenvalue weighted by Gasteiger charge is 2.47. The number of aromatic nitrogens is 1. The lowest BCUT2D eigenvalue weighted by molar-refractivity contribution is 0.0593. The molecule has 27 heavy (non-hydrogen) atoms. The molecule has 4 rings (SSSR count). The monoisotopic (exact) mass is 402 g/mol. The van der Waals surface area contributed by atoms with E-state index in [-0.39, 0.29) is 18.0 Å². The zero-order chi connectivity index (χ0) is 19.0. The van der Waals surface area contributed by atoms with E-state index in [1.54, 1.807) is 36.5 Å². The van der Waals surface area contributed by atoms with Crippen LogP contribution in [0.3, 0.4) is 0 Å². The highest BCUT2D eigenvalue weighted by molar-refractivity contribution is 7.98. The van der Waals surface area contributed by atoms with Crippen molar-refractivity contribution in [2.24, 2.45) is 0 Å². The second-order valence-corrected chi connectivity index (χ2v) is 10.1. The Balaban J connectivity index is 1.59. The van der Waals surface area contributed by atoms with Gasteiger partial charge < -0.3 is 4.90 Å². The molecule has 2 aliphatic rings. The number of thioether (sulfide) groups is 1. The summed E-state index contributed by atoms with van der Waals surface area (Å²) in [5.41, 5.74) is 0.617. The van der Waals surface area contributed by atoms with Crippen molar-refractivity contribution >= 4 is 27.5 Å². The predicted molar refractivity (Wildman–Crippen MR) is 106 cm³/mol. The summed E-state index contributed by atoms with van der Waals surface area (Å²) in [6.07, 6.45) is 6.35. The first-order chi connectivity index (χ1) is 13.0. The van der Waals surface area contributed by atoms with E-state index in [1.807, 2.05) is 23.3 Å². The first-order valence-corrected chi connectivity index (χ1v) is 11.9. The molecular weight excluding hydrogens is 380 g/mol. The van der Waals surface area contributed by atoms with Crippen LogP contribution in [-0.4, -0.2) is 47.8 Å². The number of hydrogen-bond acceptors (Lipinski definition) is 5. The van der Waals surface area contributed by atoms with Crippen molar-refractivity contribution in [3.63, 3.8) is 0 Å². The lowest BCUT2D eigenvalue weighted by Gasteiger charge is -2.38. The van der Waals surface area contributed by atoms with Gasteiger partial charge in [-0.05, 0) is 56.2 Å². The van der Waals surface area contributed by atoms with Crippen LogP contribution in [0, 0.1) is 0 Å². The Hall–Kier alpha value is -1.86. The molecule has 5 nitrogen and oxygen atoms in total. The van der Waals surface area contributed by atoms with Gasteiger partial charge in [0.1, 0.15) is 5.03 Å². The van der Waals surface area contributed by atoms with E-state index in [1.165, 1.54) is 11.8 Å². The maximum absolute atomic E-state index is 13.2. The van der Waals surface area contributed by atoms with Crippen LogP contribution in [0.4, 0.5) is 0 Å². The number of fused-ring (bicyclic) bond motifs is 2. The second-order valence-electron chi connectivity index (χ2n) is 7.11. The summed E-state index contributed by atoms with van der Waals surface area (Å²) in [4.78, 5) is 19.8. The number of hydrogen-bond donors (Lipinski definition) is 0. The molecule has 2 saturated heterocycles. The normalized spacial score (nSPS) is 24.8. The van der Waals surface area contributed by atoms with Gasteiger partial charge in [0.25, 0.3) is 5.91 Å². The molecule has 1 amide bonds. The van der Waals surface area contributed by atoms with Crippen molar-refractivity contribution in [1.82, 2.24) is 9.88 Å². The Morgan fingerprint density at radius 2 is 1.74 bits per heavy atom. The quantitative estimate of drug-likeness (QED) is 0.733. The van der Waals surface area contributed by atoms with Gasteiger partial charge in [-0.3, -0.25) is 4.79 Å². The third kappa shape index (κ3) is 3.27. The summed E-state index contributed by atoms with van der Waals surface area (Å²) in [6, 6.07) is 12.2. The van der Waals surface area contributed by atoms with Crippen molar-refractivity contribution < 1.29 is 13.2 Å². The number of benzene rings is 1. The minimum Gasteiger partial charge on any atom is -0.333 e. The summed E-state index contributed by atoms with van der Waals surface area (Å²) >= 11 is 1.46. The van der Waals surface area contributed by atoms with Crippen molar-refractivity contribution in [3.05, 3.63) is 54.2 Å². The molecule has 0 N–H and O–H groups in total. The maximum Gasteiger partial charge on any atom is 0.257 e. The van der Waals surface area contributed by atoms with E-state index < -0.39 is 15.1 Å². The topological polar surface area (TPSA) is 67.3 Å². The first-order valence-electron chi connectivity index (χ1n) is 9.13. The van der Waals surface area contributed by atoms with E-state index in [2.05, 4.69) is 4.98 Å². The van der Waals surface area contributed by atoms with E-state index in [0.29, 0.717) is 23.3 Å².